The van der Waals surface area contributed by atoms with E-state index in [1.807, 2.05) is 24.5 Å². The summed E-state index contributed by atoms with van der Waals surface area (Å²) in [4.78, 5) is 14.2. The maximum atomic E-state index is 13.2. The Bertz CT molecular complexity index is 1230. The number of aryl methyl sites for hydroxylation is 1. The molecule has 0 aliphatic carbocycles. The number of halogens is 1. The Morgan fingerprint density at radius 2 is 1.76 bits per heavy atom. The van der Waals surface area contributed by atoms with E-state index in [4.69, 9.17) is 0 Å². The van der Waals surface area contributed by atoms with Crippen LogP contribution in [-0.4, -0.2) is 37.3 Å². The van der Waals surface area contributed by atoms with Gasteiger partial charge in [0, 0.05) is 17.9 Å². The van der Waals surface area contributed by atoms with Gasteiger partial charge in [0.05, 0.1) is 10.9 Å². The van der Waals surface area contributed by atoms with E-state index < -0.39 is 21.9 Å². The van der Waals surface area contributed by atoms with Gasteiger partial charge in [0.2, 0.25) is 10.0 Å². The van der Waals surface area contributed by atoms with Gasteiger partial charge in [-0.15, -0.1) is 11.8 Å². The van der Waals surface area contributed by atoms with Gasteiger partial charge in [0.1, 0.15) is 5.82 Å². The van der Waals surface area contributed by atoms with Gasteiger partial charge in [0.25, 0.3) is 0 Å². The molecule has 0 radical (unpaired) electrons. The average molecular weight is 484 g/mol. The summed E-state index contributed by atoms with van der Waals surface area (Å²) in [7, 11) is -3.84. The van der Waals surface area contributed by atoms with Crippen LogP contribution in [0.25, 0.3) is 11.1 Å². The van der Waals surface area contributed by atoms with Gasteiger partial charge in [0.15, 0.2) is 5.78 Å². The molecule has 0 unspecified atom stereocenters. The van der Waals surface area contributed by atoms with Crippen LogP contribution >= 0.6 is 11.8 Å². The van der Waals surface area contributed by atoms with Gasteiger partial charge in [-0.25, -0.2) is 12.8 Å². The van der Waals surface area contributed by atoms with E-state index in [9.17, 15) is 17.6 Å². The minimum Gasteiger partial charge on any atom is -0.298 e. The number of carbonyl (C=O) groups excluding carboxylic acids is 1. The van der Waals surface area contributed by atoms with Crippen molar-refractivity contribution in [3.63, 3.8) is 0 Å². The lowest BCUT2D eigenvalue weighted by atomic mass is 9.98. The molecule has 1 saturated heterocycles. The van der Waals surface area contributed by atoms with Gasteiger partial charge in [-0.2, -0.15) is 4.31 Å². The number of hydrogen-bond donors (Lipinski definition) is 0. The van der Waals surface area contributed by atoms with Crippen LogP contribution < -0.4 is 0 Å². The van der Waals surface area contributed by atoms with Gasteiger partial charge >= 0.3 is 0 Å². The minimum absolute atomic E-state index is 0.0174. The molecule has 4 rings (SSSR count). The molecule has 3 aromatic rings. The van der Waals surface area contributed by atoms with E-state index in [1.165, 1.54) is 21.3 Å². The summed E-state index contributed by atoms with van der Waals surface area (Å²) >= 11 is 1.70. The molecule has 0 bridgehead atoms. The summed E-state index contributed by atoms with van der Waals surface area (Å²) in [5.41, 5.74) is 3.25. The Labute approximate surface area is 198 Å². The Kier molecular flexibility index (Phi) is 7.32. The highest BCUT2D eigenvalue weighted by atomic mass is 32.2. The van der Waals surface area contributed by atoms with Crippen LogP contribution in [0.15, 0.2) is 82.6 Å². The second-order valence-corrected chi connectivity index (χ2v) is 10.9. The van der Waals surface area contributed by atoms with E-state index in [1.54, 1.807) is 11.8 Å². The molecule has 0 saturated carbocycles. The Balaban J connectivity index is 1.44. The summed E-state index contributed by atoms with van der Waals surface area (Å²) in [6.45, 7) is 0.303. The Hall–Kier alpha value is -2.48. The monoisotopic (exact) mass is 483 g/mol. The fourth-order valence-electron chi connectivity index (χ4n) is 4.22. The van der Waals surface area contributed by atoms with Crippen LogP contribution in [0.5, 0.6) is 0 Å². The lowest BCUT2D eigenvalue weighted by Gasteiger charge is -2.23. The zero-order valence-electron chi connectivity index (χ0n) is 18.4. The van der Waals surface area contributed by atoms with E-state index in [0.717, 1.165) is 28.8 Å². The smallest absolute Gasteiger partial charge is 0.243 e. The number of benzene rings is 3. The predicted octanol–water partition coefficient (Wildman–Crippen LogP) is 5.57. The fourth-order valence-corrected chi connectivity index (χ4v) is 6.30. The van der Waals surface area contributed by atoms with Gasteiger partial charge in [-0.3, -0.25) is 4.79 Å². The number of carbonyl (C=O) groups is 1. The Morgan fingerprint density at radius 3 is 2.45 bits per heavy atom. The highest BCUT2D eigenvalue weighted by Crippen LogP contribution is 2.28. The molecule has 1 atom stereocenters. The molecule has 0 amide bonds. The van der Waals surface area contributed by atoms with Crippen molar-refractivity contribution in [2.24, 2.45) is 0 Å². The maximum Gasteiger partial charge on any atom is 0.243 e. The summed E-state index contributed by atoms with van der Waals surface area (Å²) in [6, 6.07) is 20.6. The average Bonchev–Trinajstić information content (AvgIpc) is 3.34. The van der Waals surface area contributed by atoms with Crippen LogP contribution in [0, 0.1) is 5.82 Å². The van der Waals surface area contributed by atoms with Crippen molar-refractivity contribution in [1.29, 1.82) is 0 Å². The molecular weight excluding hydrogens is 457 g/mol. The fraction of sp³-hybridized carbons (Fsp3) is 0.269. The second kappa shape index (κ2) is 10.2. The normalized spacial score (nSPS) is 16.7. The topological polar surface area (TPSA) is 54.5 Å². The van der Waals surface area contributed by atoms with Gasteiger partial charge in [-0.05, 0) is 78.6 Å². The summed E-state index contributed by atoms with van der Waals surface area (Å²) < 4.78 is 40.6. The van der Waals surface area contributed by atoms with Crippen molar-refractivity contribution in [2.75, 3.05) is 12.8 Å². The lowest BCUT2D eigenvalue weighted by molar-refractivity contribution is -0.122. The summed E-state index contributed by atoms with van der Waals surface area (Å²) in [6.07, 6.45) is 4.02. The molecule has 1 aliphatic rings. The van der Waals surface area contributed by atoms with Crippen molar-refractivity contribution < 1.29 is 17.6 Å². The van der Waals surface area contributed by atoms with Crippen LogP contribution in [0.1, 0.15) is 24.8 Å². The molecule has 1 fully saturated rings. The van der Waals surface area contributed by atoms with Crippen molar-refractivity contribution in [2.45, 2.75) is 41.5 Å². The molecule has 1 heterocycles. The first-order chi connectivity index (χ1) is 15.9. The van der Waals surface area contributed by atoms with Crippen LogP contribution in [0.4, 0.5) is 4.39 Å². The third-order valence-electron chi connectivity index (χ3n) is 6.01. The Morgan fingerprint density at radius 1 is 1.03 bits per heavy atom. The largest absolute Gasteiger partial charge is 0.298 e. The zero-order chi connectivity index (χ0) is 23.4. The van der Waals surface area contributed by atoms with Gasteiger partial charge < -0.3 is 0 Å². The van der Waals surface area contributed by atoms with Crippen LogP contribution in [0.3, 0.4) is 0 Å². The van der Waals surface area contributed by atoms with Crippen LogP contribution in [-0.2, 0) is 21.2 Å². The highest BCUT2D eigenvalue weighted by molar-refractivity contribution is 7.98. The summed E-state index contributed by atoms with van der Waals surface area (Å²) in [5.74, 6) is -0.571. The first kappa shape index (κ1) is 23.7. The molecule has 7 heteroatoms. The van der Waals surface area contributed by atoms with E-state index >= 15 is 0 Å². The van der Waals surface area contributed by atoms with Crippen molar-refractivity contribution in [1.82, 2.24) is 4.31 Å². The third-order valence-corrected chi connectivity index (χ3v) is 8.67. The van der Waals surface area contributed by atoms with Crippen molar-refractivity contribution in [3.05, 3.63) is 84.2 Å². The molecule has 1 aliphatic heterocycles. The number of Topliss-reactive ketones (excluding diaryl/α,β-unsaturated/α-hetero) is 1. The van der Waals surface area contributed by atoms with E-state index in [2.05, 4.69) is 30.3 Å². The standard InChI is InChI=1S/C26H26FNO3S2/c1-32-23-12-8-20(9-13-23)21-5-2-4-19(18-21)7-16-26(29)25-6-3-17-28(25)33(30,31)24-14-10-22(27)11-15-24/h2,4-5,8-15,18,25H,3,6-7,16-17H2,1H3/t25-/m0/s1. The minimum atomic E-state index is -3.84. The van der Waals surface area contributed by atoms with Crippen LogP contribution in [0.2, 0.25) is 0 Å². The SMILES string of the molecule is CSc1ccc(-c2cccc(CCC(=O)[C@@H]3CCCN3S(=O)(=O)c3ccc(F)cc3)c2)cc1. The number of sulfonamides is 1. The van der Waals surface area contributed by atoms with E-state index in [0.29, 0.717) is 25.8 Å². The molecule has 0 N–H and O–H groups in total. The maximum absolute atomic E-state index is 13.2. The molecule has 172 valence electrons. The molecule has 4 nitrogen and oxygen atoms in total. The molecular formula is C26H26FNO3S2. The van der Waals surface area contributed by atoms with Crippen molar-refractivity contribution in [3.8, 4) is 11.1 Å². The zero-order valence-corrected chi connectivity index (χ0v) is 20.0. The molecule has 33 heavy (non-hydrogen) atoms. The van der Waals surface area contributed by atoms with Crippen molar-refractivity contribution >= 4 is 27.6 Å². The van der Waals surface area contributed by atoms with E-state index in [-0.39, 0.29) is 17.1 Å². The number of nitrogens with zero attached hydrogens (tertiary/aromatic N) is 1. The molecule has 3 aromatic carbocycles. The number of rotatable bonds is 8. The number of ketones is 1. The first-order valence-electron chi connectivity index (χ1n) is 10.9. The van der Waals surface area contributed by atoms with Gasteiger partial charge in [-0.1, -0.05) is 36.4 Å². The number of thioether (sulfide) groups is 1. The number of hydrogen-bond acceptors (Lipinski definition) is 4. The highest BCUT2D eigenvalue weighted by Gasteiger charge is 2.38. The third kappa shape index (κ3) is 5.37. The first-order valence-corrected chi connectivity index (χ1v) is 13.6. The predicted molar refractivity (Wildman–Crippen MR) is 130 cm³/mol. The molecule has 0 spiro atoms. The lowest BCUT2D eigenvalue weighted by Crippen LogP contribution is -2.40. The quantitative estimate of drug-likeness (QED) is 0.393. The second-order valence-electron chi connectivity index (χ2n) is 8.12. The summed E-state index contributed by atoms with van der Waals surface area (Å²) in [5, 5.41) is 0. The molecule has 0 aromatic heterocycles.